The Balaban J connectivity index is 0.000000807. The second kappa shape index (κ2) is 27.9. The second-order valence-corrected chi connectivity index (χ2v) is 10.9. The number of hydroxylamine groups is 12. The van der Waals surface area contributed by atoms with Gasteiger partial charge in [0.05, 0.1) is 7.11 Å². The smallest absolute Gasteiger partial charge is 0.436 e. The molecule has 29 nitrogen and oxygen atoms in total. The molecule has 344 valence electrons. The average Bonchev–Trinajstić information content (AvgIpc) is 4.09. The third kappa shape index (κ3) is 16.7. The number of rotatable bonds is 5. The van der Waals surface area contributed by atoms with Crippen molar-refractivity contribution >= 4 is 114 Å². The number of aliphatic hydroxyl groups excluding tert-OH is 1. The lowest BCUT2D eigenvalue weighted by Gasteiger charge is -2.15. The number of ether oxygens (including phenoxy) is 1. The average molecular weight is 931 g/mol. The van der Waals surface area contributed by atoms with Crippen LogP contribution in [-0.2, 0) is 86.5 Å². The van der Waals surface area contributed by atoms with Crippen molar-refractivity contribution in [3.05, 3.63) is 0 Å². The maximum Gasteiger partial charge on any atom is 0.560 e. The standard InChI is InChI=1S/2C9H8N2O7.C6H7NO5.C4H5NO3.CH4O.2CH4S/c2*12-5-1-2-6(13)10(5)17-9(16)18-11-7(14)3-4-8(11)15;1-11-6(10)12-7-4(8)2-3-5(7)9;6-3-1-2-4(7)5(3)8;3*1-2/h2*1-4H2;2-3H2,1H3;8H,1-2H2;3*2H,1H3/i/hD2. The molecule has 62 heavy (non-hydrogen) atoms. The summed E-state index contributed by atoms with van der Waals surface area (Å²) < 4.78 is 16.4. The van der Waals surface area contributed by atoms with Crippen LogP contribution in [0.1, 0.15) is 77.0 Å². The molecular weight excluding hydrogens is 888 g/mol. The van der Waals surface area contributed by atoms with E-state index in [2.05, 4.69) is 28.9 Å². The third-order valence-corrected chi connectivity index (χ3v) is 7.05. The Morgan fingerprint density at radius 1 is 0.403 bits per heavy atom. The summed E-state index contributed by atoms with van der Waals surface area (Å²) in [5, 5.41) is 17.0. The van der Waals surface area contributed by atoms with Gasteiger partial charge in [-0.05, 0) is 12.5 Å². The molecule has 6 aliphatic rings. The van der Waals surface area contributed by atoms with Crippen LogP contribution in [0.5, 0.6) is 0 Å². The lowest BCUT2D eigenvalue weighted by atomic mass is 10.4. The molecule has 6 saturated heterocycles. The lowest BCUT2D eigenvalue weighted by molar-refractivity contribution is -0.199. The van der Waals surface area contributed by atoms with Gasteiger partial charge in [0.15, 0.2) is 0 Å². The fourth-order valence-electron chi connectivity index (χ4n) is 4.30. The zero-order valence-corrected chi connectivity index (χ0v) is 34.6. The van der Waals surface area contributed by atoms with E-state index in [1.165, 1.54) is 0 Å². The minimum absolute atomic E-state index is 0.0618. The predicted molar refractivity (Wildman–Crippen MR) is 195 cm³/mol. The van der Waals surface area contributed by atoms with E-state index in [0.717, 1.165) is 39.3 Å². The number of amides is 12. The maximum absolute atomic E-state index is 11.2. The van der Waals surface area contributed by atoms with Crippen molar-refractivity contribution < 1.29 is 111 Å². The van der Waals surface area contributed by atoms with Crippen LogP contribution in [0.25, 0.3) is 0 Å². The molecule has 0 radical (unpaired) electrons. The fourth-order valence-corrected chi connectivity index (χ4v) is 4.30. The summed E-state index contributed by atoms with van der Waals surface area (Å²) in [5.41, 5.74) is 0. The molecule has 0 aromatic rings. The molecule has 0 spiro atoms. The molecule has 6 fully saturated rings. The van der Waals surface area contributed by atoms with Crippen molar-refractivity contribution in [3.63, 3.8) is 0 Å². The number of carbonyl (C=O) groups excluding carboxylic acids is 15. The molecule has 0 aromatic heterocycles. The van der Waals surface area contributed by atoms with Gasteiger partial charge >= 0.3 is 18.5 Å². The Kier molecular flexibility index (Phi) is 23.2. The minimum atomic E-state index is -1.48. The molecule has 12 amide bonds. The third-order valence-electron chi connectivity index (χ3n) is 7.05. The summed E-state index contributed by atoms with van der Waals surface area (Å²) in [6.45, 7) is 0. The summed E-state index contributed by atoms with van der Waals surface area (Å²) in [6, 6.07) is 0. The van der Waals surface area contributed by atoms with Crippen LogP contribution in [0, 0.1) is 0 Å². The summed E-state index contributed by atoms with van der Waals surface area (Å²) in [6.07, 6.45) is -0.662. The zero-order chi connectivity index (χ0) is 49.3. The molecule has 0 aliphatic carbocycles. The van der Waals surface area contributed by atoms with Crippen LogP contribution in [0.15, 0.2) is 0 Å². The van der Waals surface area contributed by atoms with Gasteiger partial charge in [-0.1, -0.05) is 25.3 Å². The highest BCUT2D eigenvalue weighted by atomic mass is 32.1. The molecule has 31 heteroatoms. The van der Waals surface area contributed by atoms with Crippen molar-refractivity contribution in [2.75, 3.05) is 26.7 Å². The van der Waals surface area contributed by atoms with Gasteiger partial charge in [0.25, 0.3) is 70.9 Å². The Morgan fingerprint density at radius 2 is 0.548 bits per heavy atom. The number of imide groups is 6. The number of hydrogen-bond acceptors (Lipinski definition) is 25. The van der Waals surface area contributed by atoms with Gasteiger partial charge in [-0.3, -0.25) is 86.9 Å². The van der Waals surface area contributed by atoms with E-state index in [4.69, 9.17) is 12.6 Å². The number of nitrogens with zero attached hydrogens (tertiary/aromatic N) is 6. The van der Waals surface area contributed by atoms with Crippen LogP contribution < -0.4 is 0 Å². The summed E-state index contributed by atoms with van der Waals surface area (Å²) in [5.74, 6) is -7.53. The van der Waals surface area contributed by atoms with E-state index < -0.39 is 89.4 Å². The number of carbonyl (C=O) groups is 15. The summed E-state index contributed by atoms with van der Waals surface area (Å²) in [4.78, 5) is 185. The van der Waals surface area contributed by atoms with Crippen molar-refractivity contribution in [2.45, 2.75) is 77.0 Å². The quantitative estimate of drug-likeness (QED) is 0.106. The first-order valence-corrected chi connectivity index (χ1v) is 18.6. The van der Waals surface area contributed by atoms with Crippen molar-refractivity contribution in [3.8, 4) is 0 Å². The summed E-state index contributed by atoms with van der Waals surface area (Å²) in [7, 11) is 2.09. The second-order valence-electron chi connectivity index (χ2n) is 10.9. The van der Waals surface area contributed by atoms with Crippen LogP contribution in [0.3, 0.4) is 0 Å². The maximum atomic E-state index is 11.2. The SMILES string of the molecule is CO.COC(=O)ON1C(=O)CCC1=O.O=C(ON1C(=O)CCC1=O)ON1C(=O)CCC1=O.O=C(ON1C(=O)CCC1=O)ON1C(=O)CCC1=O.O=C1CCC(=O)N1O.[2H]SC.[2H]SC. The lowest BCUT2D eigenvalue weighted by Crippen LogP contribution is -2.37. The van der Waals surface area contributed by atoms with Crippen LogP contribution in [0.2, 0.25) is 0 Å². The molecule has 0 saturated carbocycles. The molecule has 6 aliphatic heterocycles. The van der Waals surface area contributed by atoms with Crippen LogP contribution >= 0.6 is 25.1 Å². The minimum Gasteiger partial charge on any atom is -0.436 e. The Bertz CT molecular complexity index is 1580. The molecule has 6 heterocycles. The highest BCUT2D eigenvalue weighted by molar-refractivity contribution is 7.79. The number of hydrogen-bond donors (Lipinski definition) is 4. The van der Waals surface area contributed by atoms with Crippen LogP contribution in [-0.4, -0.2) is 159 Å². The van der Waals surface area contributed by atoms with Gasteiger partial charge in [-0.15, -0.1) is 0 Å². The van der Waals surface area contributed by atoms with Gasteiger partial charge in [0, 0.05) is 84.2 Å². The van der Waals surface area contributed by atoms with Gasteiger partial charge in [-0.2, -0.15) is 39.7 Å². The topological polar surface area (TPSA) is 371 Å². The molecule has 6 rings (SSSR count). The number of thiol groups is 2. The van der Waals surface area contributed by atoms with Gasteiger partial charge < -0.3 is 9.84 Å². The molecule has 0 unspecified atom stereocenters. The Labute approximate surface area is 361 Å². The van der Waals surface area contributed by atoms with E-state index in [9.17, 15) is 71.9 Å². The van der Waals surface area contributed by atoms with E-state index in [0.29, 0.717) is 5.06 Å². The monoisotopic (exact) mass is 930 g/mol. The van der Waals surface area contributed by atoms with Crippen LogP contribution in [0.4, 0.5) is 14.4 Å². The van der Waals surface area contributed by atoms with Crippen molar-refractivity contribution in [1.82, 2.24) is 30.4 Å². The zero-order valence-electron chi connectivity index (χ0n) is 35.0. The van der Waals surface area contributed by atoms with E-state index >= 15 is 0 Å². The van der Waals surface area contributed by atoms with E-state index in [-0.39, 0.29) is 102 Å². The highest BCUT2D eigenvalue weighted by Crippen LogP contribution is 2.18. The normalized spacial score (nSPS) is 18.0. The van der Waals surface area contributed by atoms with E-state index in [1.807, 2.05) is 0 Å². The first kappa shape index (κ1) is 51.4. The molecule has 0 bridgehead atoms. The Morgan fingerprint density at radius 3 is 0.677 bits per heavy atom. The van der Waals surface area contributed by atoms with Gasteiger partial charge in [0.1, 0.15) is 2.25 Å². The van der Waals surface area contributed by atoms with E-state index in [1.54, 1.807) is 12.5 Å². The number of methoxy groups -OCH3 is 1. The van der Waals surface area contributed by atoms with Gasteiger partial charge in [-0.25, -0.2) is 4.79 Å². The first-order chi connectivity index (χ1) is 30.2. The predicted octanol–water partition coefficient (Wildman–Crippen LogP) is -1.41. The van der Waals surface area contributed by atoms with Gasteiger partial charge in [0.2, 0.25) is 0 Å². The molecule has 0 atom stereocenters. The molecular formula is C31H40N6O23S2. The first-order valence-electron chi connectivity index (χ1n) is 17.8. The molecule has 0 aromatic carbocycles. The highest BCUT2D eigenvalue weighted by Gasteiger charge is 2.39. The van der Waals surface area contributed by atoms with Crippen molar-refractivity contribution in [1.29, 1.82) is 2.25 Å². The molecule has 2 N–H and O–H groups in total. The van der Waals surface area contributed by atoms with Crippen molar-refractivity contribution in [2.24, 2.45) is 0 Å². The Hall–Kier alpha value is -6.73. The summed E-state index contributed by atoms with van der Waals surface area (Å²) >= 11 is 2.00. The number of aliphatic hydroxyl groups is 1. The largest absolute Gasteiger partial charge is 0.560 e. The fraction of sp³-hybridized carbons (Fsp3) is 0.516.